The Labute approximate surface area is 202 Å². The van der Waals surface area contributed by atoms with Crippen LogP contribution in [0, 0.1) is 27.7 Å². The van der Waals surface area contributed by atoms with E-state index in [1.54, 1.807) is 12.1 Å². The molecule has 1 aromatic heterocycles. The van der Waals surface area contributed by atoms with Crippen LogP contribution in [0.4, 0.5) is 5.13 Å². The van der Waals surface area contributed by atoms with Crippen LogP contribution in [0.3, 0.4) is 0 Å². The summed E-state index contributed by atoms with van der Waals surface area (Å²) in [5.74, 6) is -1.58. The van der Waals surface area contributed by atoms with Crippen molar-refractivity contribution < 1.29 is 14.7 Å². The summed E-state index contributed by atoms with van der Waals surface area (Å²) in [6.45, 7) is 7.94. The van der Waals surface area contributed by atoms with E-state index in [4.69, 9.17) is 4.98 Å². The monoisotopic (exact) mass is 468 g/mol. The molecule has 0 radical (unpaired) electrons. The average molecular weight is 469 g/mol. The van der Waals surface area contributed by atoms with Crippen molar-refractivity contribution >= 4 is 44.1 Å². The number of anilines is 1. The highest BCUT2D eigenvalue weighted by atomic mass is 32.1. The molecule has 0 unspecified atom stereocenters. The standard InChI is InChI=1S/C28H24N2O3S/c1-15-5-9-19(10-6-15)24-22(25(31)20-11-7-16(2)8-12-20)26(32)27(33)30(24)28-29-23-18(4)13-17(3)14-21(23)34-28/h5-14,24,31H,1-4H3/t24-/m0/s1. The largest absolute Gasteiger partial charge is 0.507 e. The van der Waals surface area contributed by atoms with Crippen molar-refractivity contribution in [1.82, 2.24) is 4.98 Å². The number of hydrogen-bond donors (Lipinski definition) is 1. The third-order valence-electron chi connectivity index (χ3n) is 6.19. The van der Waals surface area contributed by atoms with Gasteiger partial charge in [-0.05, 0) is 50.5 Å². The lowest BCUT2D eigenvalue weighted by atomic mass is 9.94. The van der Waals surface area contributed by atoms with E-state index in [2.05, 4.69) is 6.07 Å². The summed E-state index contributed by atoms with van der Waals surface area (Å²) in [5.41, 5.74) is 6.34. The molecule has 1 amide bonds. The molecule has 1 aliphatic heterocycles. The normalized spacial score (nSPS) is 17.6. The fraction of sp³-hybridized carbons (Fsp3) is 0.179. The molecule has 5 nitrogen and oxygen atoms in total. The Hall–Kier alpha value is -3.77. The minimum Gasteiger partial charge on any atom is -0.507 e. The van der Waals surface area contributed by atoms with E-state index < -0.39 is 17.7 Å². The first kappa shape index (κ1) is 22.0. The molecule has 1 atom stereocenters. The van der Waals surface area contributed by atoms with Gasteiger partial charge in [-0.25, -0.2) is 4.98 Å². The van der Waals surface area contributed by atoms with Gasteiger partial charge in [0.1, 0.15) is 5.76 Å². The van der Waals surface area contributed by atoms with Crippen molar-refractivity contribution in [3.05, 3.63) is 99.6 Å². The number of fused-ring (bicyclic) bond motifs is 1. The summed E-state index contributed by atoms with van der Waals surface area (Å²) >= 11 is 1.38. The molecule has 0 spiro atoms. The van der Waals surface area contributed by atoms with Crippen LogP contribution >= 0.6 is 11.3 Å². The van der Waals surface area contributed by atoms with Crippen LogP contribution in [-0.4, -0.2) is 21.8 Å². The number of amides is 1. The topological polar surface area (TPSA) is 70.5 Å². The summed E-state index contributed by atoms with van der Waals surface area (Å²) in [6.07, 6.45) is 0. The lowest BCUT2D eigenvalue weighted by molar-refractivity contribution is -0.132. The molecule has 170 valence electrons. The molecule has 0 aliphatic carbocycles. The number of nitrogens with zero attached hydrogens (tertiary/aromatic N) is 2. The number of aryl methyl sites for hydroxylation is 4. The van der Waals surface area contributed by atoms with E-state index >= 15 is 0 Å². The number of carbonyl (C=O) groups excluding carboxylic acids is 2. The maximum atomic E-state index is 13.4. The van der Waals surface area contributed by atoms with Gasteiger partial charge in [-0.3, -0.25) is 14.5 Å². The van der Waals surface area contributed by atoms with Crippen molar-refractivity contribution in [2.75, 3.05) is 4.90 Å². The van der Waals surface area contributed by atoms with Crippen molar-refractivity contribution in [3.63, 3.8) is 0 Å². The van der Waals surface area contributed by atoms with Crippen LogP contribution in [0.25, 0.3) is 16.0 Å². The highest BCUT2D eigenvalue weighted by Crippen LogP contribution is 2.44. The van der Waals surface area contributed by atoms with Gasteiger partial charge in [0.2, 0.25) is 0 Å². The second-order valence-electron chi connectivity index (χ2n) is 8.87. The molecule has 0 saturated carbocycles. The Bertz CT molecular complexity index is 1480. The lowest BCUT2D eigenvalue weighted by Gasteiger charge is -2.23. The van der Waals surface area contributed by atoms with E-state index in [0.717, 1.165) is 38.0 Å². The predicted molar refractivity (Wildman–Crippen MR) is 136 cm³/mol. The maximum absolute atomic E-state index is 13.4. The molecule has 5 rings (SSSR count). The highest BCUT2D eigenvalue weighted by molar-refractivity contribution is 7.22. The van der Waals surface area contributed by atoms with Crippen molar-refractivity contribution in [3.8, 4) is 0 Å². The Morgan fingerprint density at radius 2 is 1.50 bits per heavy atom. The zero-order valence-electron chi connectivity index (χ0n) is 19.4. The molecule has 1 aliphatic rings. The Kier molecular flexibility index (Phi) is 5.33. The van der Waals surface area contributed by atoms with Crippen LogP contribution in [0.1, 0.15) is 39.4 Å². The molecular formula is C28H24N2O3S. The molecule has 0 bridgehead atoms. The number of aromatic nitrogens is 1. The second kappa shape index (κ2) is 8.22. The SMILES string of the molecule is Cc1ccc(C(O)=C2C(=O)C(=O)N(c3nc4c(C)cc(C)cc4s3)[C@H]2c2ccc(C)cc2)cc1. The Balaban J connectivity index is 1.74. The van der Waals surface area contributed by atoms with E-state index in [-0.39, 0.29) is 11.3 Å². The third-order valence-corrected chi connectivity index (χ3v) is 7.19. The molecule has 1 saturated heterocycles. The van der Waals surface area contributed by atoms with Crippen LogP contribution < -0.4 is 4.90 Å². The Morgan fingerprint density at radius 3 is 2.15 bits per heavy atom. The van der Waals surface area contributed by atoms with E-state index in [0.29, 0.717) is 10.7 Å². The summed E-state index contributed by atoms with van der Waals surface area (Å²) in [7, 11) is 0. The number of benzene rings is 3. The molecule has 1 N–H and O–H groups in total. The zero-order chi connectivity index (χ0) is 24.1. The van der Waals surface area contributed by atoms with Gasteiger partial charge in [0.05, 0.1) is 21.8 Å². The number of rotatable bonds is 3. The molecule has 3 aromatic carbocycles. The predicted octanol–water partition coefficient (Wildman–Crippen LogP) is 6.16. The van der Waals surface area contributed by atoms with Gasteiger partial charge in [-0.2, -0.15) is 0 Å². The Morgan fingerprint density at radius 1 is 0.882 bits per heavy atom. The summed E-state index contributed by atoms with van der Waals surface area (Å²) in [6, 6.07) is 18.2. The van der Waals surface area contributed by atoms with E-state index in [9.17, 15) is 14.7 Å². The quantitative estimate of drug-likeness (QED) is 0.222. The van der Waals surface area contributed by atoms with Gasteiger partial charge in [0, 0.05) is 5.56 Å². The first-order valence-corrected chi connectivity index (χ1v) is 11.9. The number of hydrogen-bond acceptors (Lipinski definition) is 5. The first-order valence-electron chi connectivity index (χ1n) is 11.1. The highest BCUT2D eigenvalue weighted by Gasteiger charge is 2.48. The first-order chi connectivity index (χ1) is 16.2. The summed E-state index contributed by atoms with van der Waals surface area (Å²) < 4.78 is 0.954. The summed E-state index contributed by atoms with van der Waals surface area (Å²) in [5, 5.41) is 11.7. The van der Waals surface area contributed by atoms with Crippen LogP contribution in [0.2, 0.25) is 0 Å². The van der Waals surface area contributed by atoms with Crippen LogP contribution in [0.15, 0.2) is 66.2 Å². The minimum absolute atomic E-state index is 0.0739. The van der Waals surface area contributed by atoms with Crippen LogP contribution in [0.5, 0.6) is 0 Å². The fourth-order valence-electron chi connectivity index (χ4n) is 4.42. The number of aliphatic hydroxyl groups is 1. The smallest absolute Gasteiger partial charge is 0.301 e. The second-order valence-corrected chi connectivity index (χ2v) is 9.88. The average Bonchev–Trinajstić information content (AvgIpc) is 3.33. The number of aliphatic hydroxyl groups excluding tert-OH is 1. The van der Waals surface area contributed by atoms with Gasteiger partial charge in [0.25, 0.3) is 5.78 Å². The number of carbonyl (C=O) groups is 2. The number of ketones is 1. The molecule has 4 aromatic rings. The van der Waals surface area contributed by atoms with Gasteiger partial charge < -0.3 is 5.11 Å². The molecule has 1 fully saturated rings. The molecule has 34 heavy (non-hydrogen) atoms. The van der Waals surface area contributed by atoms with E-state index in [1.165, 1.54) is 16.2 Å². The lowest BCUT2D eigenvalue weighted by Crippen LogP contribution is -2.29. The molecule has 2 heterocycles. The van der Waals surface area contributed by atoms with Crippen molar-refractivity contribution in [2.24, 2.45) is 0 Å². The van der Waals surface area contributed by atoms with Crippen molar-refractivity contribution in [2.45, 2.75) is 33.7 Å². The minimum atomic E-state index is -0.774. The molecular weight excluding hydrogens is 444 g/mol. The molecule has 6 heteroatoms. The fourth-order valence-corrected chi connectivity index (χ4v) is 5.59. The number of thiazole rings is 1. The zero-order valence-corrected chi connectivity index (χ0v) is 20.2. The van der Waals surface area contributed by atoms with Gasteiger partial charge in [0.15, 0.2) is 5.13 Å². The van der Waals surface area contributed by atoms with Gasteiger partial charge in [-0.1, -0.05) is 77.1 Å². The van der Waals surface area contributed by atoms with Gasteiger partial charge >= 0.3 is 5.91 Å². The third kappa shape index (κ3) is 3.60. The maximum Gasteiger partial charge on any atom is 0.301 e. The van der Waals surface area contributed by atoms with Crippen LogP contribution in [-0.2, 0) is 9.59 Å². The summed E-state index contributed by atoms with van der Waals surface area (Å²) in [4.78, 5) is 32.9. The van der Waals surface area contributed by atoms with Crippen molar-refractivity contribution in [1.29, 1.82) is 0 Å². The van der Waals surface area contributed by atoms with E-state index in [1.807, 2.05) is 70.2 Å². The number of Topliss-reactive ketones (excluding diaryl/α,β-unsaturated/α-hetero) is 1. The van der Waals surface area contributed by atoms with Gasteiger partial charge in [-0.15, -0.1) is 0 Å².